The number of hydrogen-bond acceptors (Lipinski definition) is 5. The second-order valence-electron chi connectivity index (χ2n) is 6.19. The average molecular weight is 358 g/mol. The third kappa shape index (κ3) is 4.17. The summed E-state index contributed by atoms with van der Waals surface area (Å²) in [6.07, 6.45) is 3.58. The van der Waals surface area contributed by atoms with Crippen molar-refractivity contribution < 1.29 is 23.5 Å². The molecule has 7 nitrogen and oxygen atoms in total. The van der Waals surface area contributed by atoms with Crippen LogP contribution in [-0.4, -0.2) is 31.1 Å². The number of amides is 2. The highest BCUT2D eigenvalue weighted by atomic mass is 16.5. The Morgan fingerprint density at radius 2 is 1.81 bits per heavy atom. The Labute approximate surface area is 151 Å². The summed E-state index contributed by atoms with van der Waals surface area (Å²) in [7, 11) is 0. The Morgan fingerprint density at radius 3 is 2.54 bits per heavy atom. The molecule has 1 aliphatic rings. The van der Waals surface area contributed by atoms with E-state index in [0.717, 1.165) is 12.0 Å². The normalized spacial score (nSPS) is 15.5. The van der Waals surface area contributed by atoms with E-state index in [4.69, 9.17) is 13.9 Å². The fraction of sp³-hybridized carbons (Fsp3) is 0.368. The monoisotopic (exact) mass is 358 g/mol. The van der Waals surface area contributed by atoms with Crippen LogP contribution < -0.4 is 20.1 Å². The minimum atomic E-state index is -0.680. The molecule has 0 aliphatic carbocycles. The Hall–Kier alpha value is -2.96. The van der Waals surface area contributed by atoms with Crippen molar-refractivity contribution in [3.8, 4) is 11.5 Å². The maximum atomic E-state index is 12.4. The SMILES string of the molecule is C[C@H](NC(=O)[C@@H](C)NC(=O)c1ccoc1)c1ccc2c(c1)OCCCO2. The van der Waals surface area contributed by atoms with Crippen LogP contribution in [0.1, 0.15) is 42.2 Å². The third-order valence-electron chi connectivity index (χ3n) is 4.15. The molecule has 1 aliphatic heterocycles. The van der Waals surface area contributed by atoms with Crippen molar-refractivity contribution in [1.82, 2.24) is 10.6 Å². The first-order valence-electron chi connectivity index (χ1n) is 8.57. The maximum Gasteiger partial charge on any atom is 0.255 e. The first kappa shape index (κ1) is 17.8. The molecule has 1 aromatic heterocycles. The Kier molecular flexibility index (Phi) is 5.46. The van der Waals surface area contributed by atoms with Crippen LogP contribution in [0.25, 0.3) is 0 Å². The number of ether oxygens (including phenoxy) is 2. The number of hydrogen-bond donors (Lipinski definition) is 2. The minimum Gasteiger partial charge on any atom is -0.490 e. The van der Waals surface area contributed by atoms with Gasteiger partial charge in [0.1, 0.15) is 12.3 Å². The summed E-state index contributed by atoms with van der Waals surface area (Å²) in [4.78, 5) is 24.4. The van der Waals surface area contributed by atoms with Crippen LogP contribution >= 0.6 is 0 Å². The van der Waals surface area contributed by atoms with E-state index in [2.05, 4.69) is 10.6 Å². The number of nitrogens with one attached hydrogen (secondary N) is 2. The average Bonchev–Trinajstić information content (AvgIpc) is 3.07. The van der Waals surface area contributed by atoms with Gasteiger partial charge in [0.2, 0.25) is 5.91 Å². The molecule has 0 bridgehead atoms. The van der Waals surface area contributed by atoms with Gasteiger partial charge in [-0.1, -0.05) is 6.07 Å². The molecule has 2 amide bonds. The van der Waals surface area contributed by atoms with Gasteiger partial charge in [0, 0.05) is 6.42 Å². The number of carbonyl (C=O) groups is 2. The second kappa shape index (κ2) is 7.95. The summed E-state index contributed by atoms with van der Waals surface area (Å²) in [5.41, 5.74) is 1.27. The number of fused-ring (bicyclic) bond motifs is 1. The topological polar surface area (TPSA) is 89.8 Å². The van der Waals surface area contributed by atoms with Crippen molar-refractivity contribution in [1.29, 1.82) is 0 Å². The van der Waals surface area contributed by atoms with Crippen LogP contribution in [0, 0.1) is 0 Å². The van der Waals surface area contributed by atoms with Gasteiger partial charge in [0.15, 0.2) is 11.5 Å². The second-order valence-corrected chi connectivity index (χ2v) is 6.19. The minimum absolute atomic E-state index is 0.243. The molecule has 7 heteroatoms. The van der Waals surface area contributed by atoms with Crippen molar-refractivity contribution >= 4 is 11.8 Å². The number of rotatable bonds is 5. The molecule has 2 aromatic rings. The predicted octanol–water partition coefficient (Wildman–Crippen LogP) is 2.44. The highest BCUT2D eigenvalue weighted by Crippen LogP contribution is 2.32. The molecule has 2 N–H and O–H groups in total. The molecule has 2 atom stereocenters. The first-order chi connectivity index (χ1) is 12.5. The summed E-state index contributed by atoms with van der Waals surface area (Å²) in [5, 5.41) is 5.54. The zero-order valence-electron chi connectivity index (χ0n) is 14.8. The molecule has 138 valence electrons. The molecule has 2 heterocycles. The molecule has 1 aromatic carbocycles. The Bertz CT molecular complexity index is 772. The van der Waals surface area contributed by atoms with E-state index in [1.807, 2.05) is 25.1 Å². The van der Waals surface area contributed by atoms with E-state index in [-0.39, 0.29) is 17.9 Å². The molecule has 0 saturated carbocycles. The Morgan fingerprint density at radius 1 is 1.04 bits per heavy atom. The van der Waals surface area contributed by atoms with Crippen molar-refractivity contribution in [2.24, 2.45) is 0 Å². The first-order valence-corrected chi connectivity index (χ1v) is 8.57. The summed E-state index contributed by atoms with van der Waals surface area (Å²) in [6, 6.07) is 6.24. The highest BCUT2D eigenvalue weighted by molar-refractivity contribution is 5.97. The van der Waals surface area contributed by atoms with E-state index in [1.165, 1.54) is 12.5 Å². The van der Waals surface area contributed by atoms with Gasteiger partial charge in [-0.15, -0.1) is 0 Å². The molecule has 0 fully saturated rings. The summed E-state index contributed by atoms with van der Waals surface area (Å²) >= 11 is 0. The Balaban J connectivity index is 1.60. The van der Waals surface area contributed by atoms with Crippen LogP contribution in [0.3, 0.4) is 0 Å². The van der Waals surface area contributed by atoms with Crippen LogP contribution in [0.4, 0.5) is 0 Å². The maximum absolute atomic E-state index is 12.4. The highest BCUT2D eigenvalue weighted by Gasteiger charge is 2.20. The van der Waals surface area contributed by atoms with Gasteiger partial charge in [-0.2, -0.15) is 0 Å². The lowest BCUT2D eigenvalue weighted by atomic mass is 10.1. The van der Waals surface area contributed by atoms with Crippen LogP contribution in [0.5, 0.6) is 11.5 Å². The molecule has 3 rings (SSSR count). The molecule has 0 spiro atoms. The van der Waals surface area contributed by atoms with E-state index >= 15 is 0 Å². The van der Waals surface area contributed by atoms with Gasteiger partial charge < -0.3 is 24.5 Å². The molecule has 26 heavy (non-hydrogen) atoms. The van der Waals surface area contributed by atoms with Gasteiger partial charge >= 0.3 is 0 Å². The lowest BCUT2D eigenvalue weighted by Gasteiger charge is -2.19. The number of benzene rings is 1. The quantitative estimate of drug-likeness (QED) is 0.857. The fourth-order valence-electron chi connectivity index (χ4n) is 2.61. The zero-order chi connectivity index (χ0) is 18.5. The third-order valence-corrected chi connectivity index (χ3v) is 4.15. The van der Waals surface area contributed by atoms with Crippen molar-refractivity contribution in [3.05, 3.63) is 47.9 Å². The van der Waals surface area contributed by atoms with Gasteiger partial charge in [0.05, 0.1) is 31.1 Å². The van der Waals surface area contributed by atoms with E-state index < -0.39 is 6.04 Å². The van der Waals surface area contributed by atoms with E-state index in [0.29, 0.717) is 30.3 Å². The van der Waals surface area contributed by atoms with Gasteiger partial charge in [-0.3, -0.25) is 9.59 Å². The smallest absolute Gasteiger partial charge is 0.255 e. The van der Waals surface area contributed by atoms with Crippen molar-refractivity contribution in [2.45, 2.75) is 32.4 Å². The van der Waals surface area contributed by atoms with Crippen LogP contribution in [0.15, 0.2) is 41.2 Å². The molecular weight excluding hydrogens is 336 g/mol. The van der Waals surface area contributed by atoms with E-state index in [1.54, 1.807) is 13.0 Å². The van der Waals surface area contributed by atoms with Crippen molar-refractivity contribution in [2.75, 3.05) is 13.2 Å². The fourth-order valence-corrected chi connectivity index (χ4v) is 2.61. The largest absolute Gasteiger partial charge is 0.490 e. The summed E-state index contributed by atoms with van der Waals surface area (Å²) in [6.45, 7) is 4.75. The molecule has 0 saturated heterocycles. The van der Waals surface area contributed by atoms with E-state index in [9.17, 15) is 9.59 Å². The number of furan rings is 1. The lowest BCUT2D eigenvalue weighted by molar-refractivity contribution is -0.123. The van der Waals surface area contributed by atoms with Gasteiger partial charge in [-0.25, -0.2) is 0 Å². The standard InChI is InChI=1S/C19H22N2O5/c1-12(14-4-5-16-17(10-14)26-8-3-7-25-16)20-18(22)13(2)21-19(23)15-6-9-24-11-15/h4-6,9-13H,3,7-8H2,1-2H3,(H,20,22)(H,21,23)/t12-,13+/m0/s1. The van der Waals surface area contributed by atoms with Crippen molar-refractivity contribution in [3.63, 3.8) is 0 Å². The molecular formula is C19H22N2O5. The van der Waals surface area contributed by atoms with Gasteiger partial charge in [0.25, 0.3) is 5.91 Å². The molecule has 0 radical (unpaired) electrons. The zero-order valence-corrected chi connectivity index (χ0v) is 14.8. The van der Waals surface area contributed by atoms with Gasteiger partial charge in [-0.05, 0) is 37.6 Å². The number of carbonyl (C=O) groups excluding carboxylic acids is 2. The van der Waals surface area contributed by atoms with Crippen LogP contribution in [-0.2, 0) is 4.79 Å². The summed E-state index contributed by atoms with van der Waals surface area (Å²) < 4.78 is 16.2. The van der Waals surface area contributed by atoms with Crippen LogP contribution in [0.2, 0.25) is 0 Å². The predicted molar refractivity (Wildman–Crippen MR) is 94.2 cm³/mol. The molecule has 0 unspecified atom stereocenters. The lowest BCUT2D eigenvalue weighted by Crippen LogP contribution is -2.45. The summed E-state index contributed by atoms with van der Waals surface area (Å²) in [5.74, 6) is 0.763.